The Bertz CT molecular complexity index is 719. The number of nitrogens with zero attached hydrogens (tertiary/aromatic N) is 2. The maximum atomic E-state index is 12.0. The quantitative estimate of drug-likeness (QED) is 0.764. The van der Waals surface area contributed by atoms with Gasteiger partial charge in [-0.3, -0.25) is 10.1 Å². The number of alkyl halides is 3. The first-order valence-electron chi connectivity index (χ1n) is 7.16. The van der Waals surface area contributed by atoms with E-state index in [1.165, 1.54) is 0 Å². The number of hydrogen-bond acceptors (Lipinski definition) is 4. The largest absolute Gasteiger partial charge is 0.405 e. The summed E-state index contributed by atoms with van der Waals surface area (Å²) in [4.78, 5) is 27.0. The highest BCUT2D eigenvalue weighted by Crippen LogP contribution is 2.17. The summed E-state index contributed by atoms with van der Waals surface area (Å²) in [6.07, 6.45) is -1.19. The fourth-order valence-corrected chi connectivity index (χ4v) is 2.61. The van der Waals surface area contributed by atoms with Gasteiger partial charge in [-0.2, -0.15) is 13.2 Å². The van der Waals surface area contributed by atoms with Gasteiger partial charge in [0.15, 0.2) is 5.16 Å². The molecule has 10 heteroatoms. The lowest BCUT2D eigenvalue weighted by atomic mass is 10.2. The van der Waals surface area contributed by atoms with Gasteiger partial charge in [-0.1, -0.05) is 42.1 Å². The van der Waals surface area contributed by atoms with Gasteiger partial charge in [0.05, 0.1) is 5.75 Å². The van der Waals surface area contributed by atoms with E-state index in [9.17, 15) is 22.8 Å². The molecule has 0 saturated heterocycles. The lowest BCUT2D eigenvalue weighted by Crippen LogP contribution is -2.43. The van der Waals surface area contributed by atoms with Gasteiger partial charge in [-0.05, 0) is 5.56 Å². The molecule has 134 valence electrons. The maximum absolute atomic E-state index is 12.0. The topological polar surface area (TPSA) is 76.0 Å². The Morgan fingerprint density at radius 2 is 1.92 bits per heavy atom. The van der Waals surface area contributed by atoms with Crippen LogP contribution in [0.2, 0.25) is 0 Å². The lowest BCUT2D eigenvalue weighted by molar-refractivity contribution is -0.124. The van der Waals surface area contributed by atoms with E-state index in [2.05, 4.69) is 4.98 Å². The number of nitrogens with one attached hydrogen (secondary N) is 2. The molecule has 0 unspecified atom stereocenters. The Morgan fingerprint density at radius 1 is 1.20 bits per heavy atom. The van der Waals surface area contributed by atoms with Crippen LogP contribution < -0.4 is 10.6 Å². The third-order valence-electron chi connectivity index (χ3n) is 2.91. The van der Waals surface area contributed by atoms with Gasteiger partial charge in [-0.25, -0.2) is 9.78 Å². The number of aromatic nitrogens is 2. The normalized spacial score (nSPS) is 11.2. The molecule has 2 rings (SSSR count). The smallest absolute Gasteiger partial charge is 0.329 e. The Kier molecular flexibility index (Phi) is 6.45. The molecular formula is C15H15F3N4O2S. The number of amides is 3. The van der Waals surface area contributed by atoms with Crippen molar-refractivity contribution in [2.24, 2.45) is 0 Å². The minimum Gasteiger partial charge on any atom is -0.329 e. The van der Waals surface area contributed by atoms with E-state index in [1.54, 1.807) is 17.7 Å². The molecule has 25 heavy (non-hydrogen) atoms. The Hall–Kier alpha value is -2.49. The van der Waals surface area contributed by atoms with Crippen LogP contribution in [0.3, 0.4) is 0 Å². The van der Waals surface area contributed by atoms with Crippen molar-refractivity contribution in [3.05, 3.63) is 48.3 Å². The average molecular weight is 372 g/mol. The predicted molar refractivity (Wildman–Crippen MR) is 86.1 cm³/mol. The van der Waals surface area contributed by atoms with E-state index in [0.717, 1.165) is 17.3 Å². The molecule has 1 heterocycles. The summed E-state index contributed by atoms with van der Waals surface area (Å²) in [7, 11) is 0. The van der Waals surface area contributed by atoms with E-state index in [-0.39, 0.29) is 5.75 Å². The van der Waals surface area contributed by atoms with Crippen LogP contribution in [-0.2, 0) is 11.3 Å². The third-order valence-corrected chi connectivity index (χ3v) is 3.91. The van der Waals surface area contributed by atoms with Crippen molar-refractivity contribution in [1.29, 1.82) is 0 Å². The molecule has 2 aromatic rings. The molecule has 0 fully saturated rings. The van der Waals surface area contributed by atoms with Crippen LogP contribution in [0.5, 0.6) is 0 Å². The number of imide groups is 1. The number of carbonyl (C=O) groups excluding carboxylic acids is 2. The van der Waals surface area contributed by atoms with Crippen LogP contribution in [0.1, 0.15) is 5.56 Å². The number of urea groups is 1. The summed E-state index contributed by atoms with van der Waals surface area (Å²) in [5.41, 5.74) is 1.05. The van der Waals surface area contributed by atoms with Gasteiger partial charge in [-0.15, -0.1) is 0 Å². The van der Waals surface area contributed by atoms with E-state index in [1.807, 2.05) is 40.2 Å². The molecule has 0 atom stereocenters. The van der Waals surface area contributed by atoms with Crippen LogP contribution in [0, 0.1) is 0 Å². The molecule has 0 spiro atoms. The molecule has 1 aromatic carbocycles. The first kappa shape index (κ1) is 18.8. The fraction of sp³-hybridized carbons (Fsp3) is 0.267. The molecule has 6 nitrogen and oxygen atoms in total. The van der Waals surface area contributed by atoms with Gasteiger partial charge in [0.25, 0.3) is 0 Å². The summed E-state index contributed by atoms with van der Waals surface area (Å²) in [6, 6.07) is 8.44. The Labute approximate surface area is 145 Å². The molecule has 0 saturated carbocycles. The van der Waals surface area contributed by atoms with Crippen molar-refractivity contribution in [1.82, 2.24) is 20.2 Å². The Morgan fingerprint density at radius 3 is 2.60 bits per heavy atom. The SMILES string of the molecule is O=C(CSc1nccn1Cc1ccccc1)NC(=O)NCC(F)(F)F. The second-order valence-corrected chi connectivity index (χ2v) is 5.90. The minimum atomic E-state index is -4.53. The summed E-state index contributed by atoms with van der Waals surface area (Å²) < 4.78 is 37.7. The first-order valence-corrected chi connectivity index (χ1v) is 8.14. The summed E-state index contributed by atoms with van der Waals surface area (Å²) >= 11 is 1.08. The van der Waals surface area contributed by atoms with E-state index in [4.69, 9.17) is 0 Å². The van der Waals surface area contributed by atoms with Crippen molar-refractivity contribution in [2.75, 3.05) is 12.3 Å². The number of imidazole rings is 1. The van der Waals surface area contributed by atoms with Crippen molar-refractivity contribution in [3.63, 3.8) is 0 Å². The summed E-state index contributed by atoms with van der Waals surface area (Å²) in [5.74, 6) is -0.857. The van der Waals surface area contributed by atoms with Gasteiger partial charge >= 0.3 is 12.2 Å². The van der Waals surface area contributed by atoms with Gasteiger partial charge < -0.3 is 9.88 Å². The molecule has 0 aliphatic carbocycles. The van der Waals surface area contributed by atoms with Gasteiger partial charge in [0, 0.05) is 18.9 Å². The summed E-state index contributed by atoms with van der Waals surface area (Å²) in [6.45, 7) is -0.933. The molecular weight excluding hydrogens is 357 g/mol. The van der Waals surface area contributed by atoms with Crippen LogP contribution in [0.4, 0.5) is 18.0 Å². The van der Waals surface area contributed by atoms with Crippen LogP contribution in [0.25, 0.3) is 0 Å². The summed E-state index contributed by atoms with van der Waals surface area (Å²) in [5, 5.41) is 3.97. The monoisotopic (exact) mass is 372 g/mol. The fourth-order valence-electron chi connectivity index (χ4n) is 1.85. The Balaban J connectivity index is 1.80. The molecule has 0 bridgehead atoms. The highest BCUT2D eigenvalue weighted by atomic mass is 32.2. The highest BCUT2D eigenvalue weighted by Gasteiger charge is 2.27. The number of thioether (sulfide) groups is 1. The van der Waals surface area contributed by atoms with Crippen LogP contribution in [-0.4, -0.2) is 40.0 Å². The minimum absolute atomic E-state index is 0.148. The van der Waals surface area contributed by atoms with E-state index >= 15 is 0 Å². The molecule has 0 aliphatic heterocycles. The zero-order chi connectivity index (χ0) is 18.3. The number of hydrogen-bond donors (Lipinski definition) is 2. The number of carbonyl (C=O) groups is 2. The maximum Gasteiger partial charge on any atom is 0.405 e. The average Bonchev–Trinajstić information content (AvgIpc) is 2.98. The molecule has 0 radical (unpaired) electrons. The second-order valence-electron chi connectivity index (χ2n) is 4.96. The molecule has 2 N–H and O–H groups in total. The van der Waals surface area contributed by atoms with E-state index in [0.29, 0.717) is 11.7 Å². The number of rotatable bonds is 6. The zero-order valence-corrected chi connectivity index (χ0v) is 13.7. The standard InChI is InChI=1S/C15H15F3N4O2S/c16-15(17,18)10-20-13(24)21-12(23)9-25-14-19-6-7-22(14)8-11-4-2-1-3-5-11/h1-7H,8-10H2,(H2,20,21,23,24). The van der Waals surface area contributed by atoms with Gasteiger partial charge in [0.1, 0.15) is 6.54 Å². The van der Waals surface area contributed by atoms with E-state index < -0.39 is 24.7 Å². The highest BCUT2D eigenvalue weighted by molar-refractivity contribution is 7.99. The van der Waals surface area contributed by atoms with Crippen molar-refractivity contribution >= 4 is 23.7 Å². The molecule has 0 aliphatic rings. The lowest BCUT2D eigenvalue weighted by Gasteiger charge is -2.09. The predicted octanol–water partition coefficient (Wildman–Crippen LogP) is 2.41. The van der Waals surface area contributed by atoms with Crippen molar-refractivity contribution in [2.45, 2.75) is 17.9 Å². The van der Waals surface area contributed by atoms with Crippen molar-refractivity contribution < 1.29 is 22.8 Å². The van der Waals surface area contributed by atoms with Crippen molar-refractivity contribution in [3.8, 4) is 0 Å². The number of benzene rings is 1. The zero-order valence-electron chi connectivity index (χ0n) is 12.9. The molecule has 3 amide bonds. The van der Waals surface area contributed by atoms with Crippen LogP contribution >= 0.6 is 11.8 Å². The first-order chi connectivity index (χ1) is 11.8. The van der Waals surface area contributed by atoms with Gasteiger partial charge in [0.2, 0.25) is 5.91 Å². The molecule has 1 aromatic heterocycles. The second kappa shape index (κ2) is 8.56. The number of halogens is 3. The van der Waals surface area contributed by atoms with Crippen LogP contribution in [0.15, 0.2) is 47.9 Å². The third kappa shape index (κ3) is 6.87.